The molecule has 0 aromatic carbocycles. The van der Waals surface area contributed by atoms with Gasteiger partial charge in [-0.2, -0.15) is 0 Å². The topological polar surface area (TPSA) is 26.3 Å². The third-order valence-electron chi connectivity index (χ3n) is 6.75. The zero-order valence-corrected chi connectivity index (χ0v) is 20.5. The normalized spacial score (nSPS) is 16.7. The smallest absolute Gasteiger partial charge is 0.306 e. The highest BCUT2D eigenvalue weighted by atomic mass is 16.5. The highest BCUT2D eigenvalue weighted by Crippen LogP contribution is 2.41. The second-order valence-corrected chi connectivity index (χ2v) is 11.6. The van der Waals surface area contributed by atoms with E-state index >= 15 is 0 Å². The molecule has 0 bridgehead atoms. The van der Waals surface area contributed by atoms with E-state index in [2.05, 4.69) is 76.2 Å². The summed E-state index contributed by atoms with van der Waals surface area (Å²) in [4.78, 5) is 12.6. The van der Waals surface area contributed by atoms with Crippen molar-refractivity contribution in [2.75, 3.05) is 0 Å². The Morgan fingerprint density at radius 3 is 1.74 bits per heavy atom. The van der Waals surface area contributed by atoms with Crippen LogP contribution in [-0.4, -0.2) is 12.1 Å². The first kappa shape index (κ1) is 26.5. The summed E-state index contributed by atoms with van der Waals surface area (Å²) in [5, 5.41) is 0. The van der Waals surface area contributed by atoms with Crippen LogP contribution in [0.2, 0.25) is 0 Å². The Labute approximate surface area is 171 Å². The minimum atomic E-state index is -0.0375. The number of hydrogen-bond donors (Lipinski definition) is 0. The molecular formula is C25H50O2. The molecule has 2 heteroatoms. The lowest BCUT2D eigenvalue weighted by Crippen LogP contribution is -2.35. The molecule has 0 aliphatic rings. The molecule has 0 saturated carbocycles. The molecule has 0 rings (SSSR count). The predicted molar refractivity (Wildman–Crippen MR) is 119 cm³/mol. The van der Waals surface area contributed by atoms with Crippen molar-refractivity contribution in [3.05, 3.63) is 0 Å². The molecule has 0 fully saturated rings. The molecule has 2 nitrogen and oxygen atoms in total. The van der Waals surface area contributed by atoms with Gasteiger partial charge in [0.15, 0.2) is 0 Å². The van der Waals surface area contributed by atoms with E-state index in [1.165, 1.54) is 19.3 Å². The highest BCUT2D eigenvalue weighted by Gasteiger charge is 2.36. The summed E-state index contributed by atoms with van der Waals surface area (Å²) in [6.45, 7) is 24.9. The standard InChI is InChI=1S/C25H50O2/c1-12-14-15-20(4)25(10,11)17-21(16-24(8,9)19(3)13-2)27-22(26)18-23(5,6)7/h19-21H,12-18H2,1-11H3. The Balaban J connectivity index is 5.30. The maximum absolute atomic E-state index is 12.6. The van der Waals surface area contributed by atoms with Crippen LogP contribution in [-0.2, 0) is 9.53 Å². The first-order valence-electron chi connectivity index (χ1n) is 11.3. The van der Waals surface area contributed by atoms with Crippen LogP contribution in [0.4, 0.5) is 0 Å². The average Bonchev–Trinajstić information content (AvgIpc) is 2.48. The SMILES string of the molecule is CCCCC(C)C(C)(C)CC(CC(C)(C)C(C)CC)OC(=O)CC(C)(C)C. The number of carbonyl (C=O) groups excluding carboxylic acids is 1. The summed E-state index contributed by atoms with van der Waals surface area (Å²) in [6.07, 6.45) is 7.31. The number of rotatable bonds is 12. The van der Waals surface area contributed by atoms with Crippen LogP contribution in [0.25, 0.3) is 0 Å². The molecule has 0 aromatic heterocycles. The third kappa shape index (κ3) is 10.5. The molecule has 0 radical (unpaired) electrons. The zero-order chi connectivity index (χ0) is 21.5. The fraction of sp³-hybridized carbons (Fsp3) is 0.960. The Kier molecular flexibility index (Phi) is 10.6. The Morgan fingerprint density at radius 2 is 1.33 bits per heavy atom. The maximum atomic E-state index is 12.6. The third-order valence-corrected chi connectivity index (χ3v) is 6.75. The van der Waals surface area contributed by atoms with Gasteiger partial charge >= 0.3 is 5.97 Å². The summed E-state index contributed by atoms with van der Waals surface area (Å²) in [5.74, 6) is 1.21. The summed E-state index contributed by atoms with van der Waals surface area (Å²) in [6, 6.07) is 0. The van der Waals surface area contributed by atoms with E-state index < -0.39 is 0 Å². The summed E-state index contributed by atoms with van der Waals surface area (Å²) >= 11 is 0. The summed E-state index contributed by atoms with van der Waals surface area (Å²) in [5.41, 5.74) is 0.315. The molecule has 0 N–H and O–H groups in total. The molecule has 0 heterocycles. The predicted octanol–water partition coefficient (Wildman–Crippen LogP) is 8.04. The van der Waals surface area contributed by atoms with Crippen LogP contribution in [0.1, 0.15) is 121 Å². The van der Waals surface area contributed by atoms with Crippen molar-refractivity contribution < 1.29 is 9.53 Å². The zero-order valence-electron chi connectivity index (χ0n) is 20.5. The molecule has 27 heavy (non-hydrogen) atoms. The molecule has 0 aliphatic carbocycles. The van der Waals surface area contributed by atoms with E-state index in [1.807, 2.05) is 0 Å². The Morgan fingerprint density at radius 1 is 0.852 bits per heavy atom. The van der Waals surface area contributed by atoms with Crippen LogP contribution in [0.3, 0.4) is 0 Å². The number of carbonyl (C=O) groups is 1. The second kappa shape index (κ2) is 10.9. The summed E-state index contributed by atoms with van der Waals surface area (Å²) in [7, 11) is 0. The first-order valence-corrected chi connectivity index (χ1v) is 11.3. The molecule has 0 saturated heterocycles. The fourth-order valence-electron chi connectivity index (χ4n) is 3.85. The van der Waals surface area contributed by atoms with Gasteiger partial charge in [-0.3, -0.25) is 4.79 Å². The monoisotopic (exact) mass is 382 g/mol. The molecule has 0 spiro atoms. The van der Waals surface area contributed by atoms with Crippen molar-refractivity contribution >= 4 is 5.97 Å². The van der Waals surface area contributed by atoms with Gasteiger partial charge in [-0.1, -0.05) is 102 Å². The maximum Gasteiger partial charge on any atom is 0.306 e. The van der Waals surface area contributed by atoms with Gasteiger partial charge in [0.05, 0.1) is 6.42 Å². The molecular weight excluding hydrogens is 332 g/mol. The van der Waals surface area contributed by atoms with Gasteiger partial charge in [0.2, 0.25) is 0 Å². The molecule has 0 amide bonds. The fourth-order valence-corrected chi connectivity index (χ4v) is 3.85. The lowest BCUT2D eigenvalue weighted by Gasteiger charge is -2.40. The van der Waals surface area contributed by atoms with Crippen molar-refractivity contribution in [2.45, 2.75) is 127 Å². The van der Waals surface area contributed by atoms with E-state index in [-0.39, 0.29) is 28.3 Å². The number of unbranched alkanes of at least 4 members (excludes halogenated alkanes) is 1. The minimum Gasteiger partial charge on any atom is -0.462 e. The second-order valence-electron chi connectivity index (χ2n) is 11.6. The number of hydrogen-bond acceptors (Lipinski definition) is 2. The molecule has 162 valence electrons. The minimum absolute atomic E-state index is 0.00271. The van der Waals surface area contributed by atoms with Gasteiger partial charge < -0.3 is 4.74 Å². The van der Waals surface area contributed by atoms with Crippen LogP contribution in [0.15, 0.2) is 0 Å². The van der Waals surface area contributed by atoms with Crippen molar-refractivity contribution in [3.8, 4) is 0 Å². The molecule has 0 aliphatic heterocycles. The van der Waals surface area contributed by atoms with E-state index in [4.69, 9.17) is 4.74 Å². The van der Waals surface area contributed by atoms with Crippen molar-refractivity contribution in [2.24, 2.45) is 28.1 Å². The van der Waals surface area contributed by atoms with Gasteiger partial charge in [-0.05, 0) is 40.9 Å². The van der Waals surface area contributed by atoms with E-state index in [9.17, 15) is 4.79 Å². The lowest BCUT2D eigenvalue weighted by atomic mass is 9.69. The van der Waals surface area contributed by atoms with E-state index in [1.54, 1.807) is 0 Å². The Bertz CT molecular complexity index is 428. The molecule has 3 unspecified atom stereocenters. The average molecular weight is 383 g/mol. The van der Waals surface area contributed by atoms with Gasteiger partial charge in [0.1, 0.15) is 6.10 Å². The van der Waals surface area contributed by atoms with Crippen LogP contribution >= 0.6 is 0 Å². The van der Waals surface area contributed by atoms with Crippen molar-refractivity contribution in [1.82, 2.24) is 0 Å². The molecule has 0 aromatic rings. The van der Waals surface area contributed by atoms with Crippen LogP contribution < -0.4 is 0 Å². The lowest BCUT2D eigenvalue weighted by molar-refractivity contribution is -0.155. The van der Waals surface area contributed by atoms with Gasteiger partial charge in [-0.25, -0.2) is 0 Å². The van der Waals surface area contributed by atoms with Gasteiger partial charge in [-0.15, -0.1) is 0 Å². The first-order chi connectivity index (χ1) is 12.1. The van der Waals surface area contributed by atoms with Crippen molar-refractivity contribution in [1.29, 1.82) is 0 Å². The van der Waals surface area contributed by atoms with E-state index in [0.717, 1.165) is 19.3 Å². The van der Waals surface area contributed by atoms with Gasteiger partial charge in [0, 0.05) is 0 Å². The number of esters is 1. The van der Waals surface area contributed by atoms with Crippen molar-refractivity contribution in [3.63, 3.8) is 0 Å². The van der Waals surface area contributed by atoms with E-state index in [0.29, 0.717) is 18.3 Å². The quantitative estimate of drug-likeness (QED) is 0.319. The highest BCUT2D eigenvalue weighted by molar-refractivity contribution is 5.70. The van der Waals surface area contributed by atoms with Crippen LogP contribution in [0, 0.1) is 28.1 Å². The molecule has 3 atom stereocenters. The van der Waals surface area contributed by atoms with Gasteiger partial charge in [0.25, 0.3) is 0 Å². The Hall–Kier alpha value is -0.530. The van der Waals surface area contributed by atoms with Crippen LogP contribution in [0.5, 0.6) is 0 Å². The summed E-state index contributed by atoms with van der Waals surface area (Å²) < 4.78 is 6.11. The largest absolute Gasteiger partial charge is 0.462 e. The number of ether oxygens (including phenoxy) is 1.